The van der Waals surface area contributed by atoms with Crippen molar-refractivity contribution in [2.75, 3.05) is 13.2 Å². The molecule has 0 saturated carbocycles. The molecule has 1 aromatic rings. The van der Waals surface area contributed by atoms with Gasteiger partial charge in [-0.2, -0.15) is 0 Å². The number of carboxylic acid groups (broad SMARTS) is 1. The van der Waals surface area contributed by atoms with Crippen LogP contribution >= 0.6 is 0 Å². The molecule has 6 nitrogen and oxygen atoms in total. The lowest BCUT2D eigenvalue weighted by atomic mass is 10.2. The van der Waals surface area contributed by atoms with Crippen LogP contribution < -0.4 is 5.32 Å². The summed E-state index contributed by atoms with van der Waals surface area (Å²) >= 11 is 0. The van der Waals surface area contributed by atoms with E-state index in [0.29, 0.717) is 18.8 Å². The molecular weight excluding hydrogens is 234 g/mol. The summed E-state index contributed by atoms with van der Waals surface area (Å²) in [6.07, 6.45) is 5.43. The van der Waals surface area contributed by atoms with Gasteiger partial charge in [-0.05, 0) is 19.8 Å². The lowest BCUT2D eigenvalue weighted by molar-refractivity contribution is -0.140. The first kappa shape index (κ1) is 13.0. The fraction of sp³-hybridized carbons (Fsp3) is 0.667. The van der Waals surface area contributed by atoms with Gasteiger partial charge in [0.2, 0.25) is 0 Å². The van der Waals surface area contributed by atoms with Crippen LogP contribution in [0.4, 0.5) is 0 Å². The molecular formula is C12H19N3O3. The van der Waals surface area contributed by atoms with Crippen molar-refractivity contribution in [2.45, 2.75) is 38.5 Å². The highest BCUT2D eigenvalue weighted by atomic mass is 16.5. The van der Waals surface area contributed by atoms with E-state index in [4.69, 9.17) is 4.74 Å². The maximum Gasteiger partial charge on any atom is 0.326 e. The van der Waals surface area contributed by atoms with Crippen LogP contribution in [0.3, 0.4) is 0 Å². The number of carboxylic acids is 1. The molecule has 1 aliphatic heterocycles. The molecule has 1 aliphatic rings. The molecule has 6 heteroatoms. The highest BCUT2D eigenvalue weighted by Crippen LogP contribution is 2.16. The van der Waals surface area contributed by atoms with Gasteiger partial charge in [-0.15, -0.1) is 0 Å². The first-order valence-corrected chi connectivity index (χ1v) is 6.30. The fourth-order valence-electron chi connectivity index (χ4n) is 2.21. The van der Waals surface area contributed by atoms with Gasteiger partial charge in [0.1, 0.15) is 6.04 Å². The molecule has 2 N–H and O–H groups in total. The number of nitrogens with zero attached hydrogens (tertiary/aromatic N) is 2. The minimum atomic E-state index is -0.886. The van der Waals surface area contributed by atoms with E-state index in [1.54, 1.807) is 12.5 Å². The van der Waals surface area contributed by atoms with E-state index in [9.17, 15) is 9.90 Å². The molecule has 2 heterocycles. The van der Waals surface area contributed by atoms with Crippen LogP contribution in [0.25, 0.3) is 0 Å². The van der Waals surface area contributed by atoms with Gasteiger partial charge in [0, 0.05) is 19.7 Å². The topological polar surface area (TPSA) is 76.4 Å². The van der Waals surface area contributed by atoms with Crippen LogP contribution in [0.1, 0.15) is 31.5 Å². The second kappa shape index (κ2) is 5.97. The van der Waals surface area contributed by atoms with Crippen molar-refractivity contribution in [1.82, 2.24) is 14.9 Å². The van der Waals surface area contributed by atoms with Gasteiger partial charge in [0.05, 0.1) is 24.3 Å². The zero-order valence-corrected chi connectivity index (χ0v) is 10.5. The van der Waals surface area contributed by atoms with Gasteiger partial charge in [0.25, 0.3) is 0 Å². The van der Waals surface area contributed by atoms with Crippen molar-refractivity contribution in [3.8, 4) is 0 Å². The summed E-state index contributed by atoms with van der Waals surface area (Å²) in [6.45, 7) is 4.01. The molecule has 0 spiro atoms. The minimum absolute atomic E-state index is 0.129. The zero-order chi connectivity index (χ0) is 13.0. The normalized spacial score (nSPS) is 21.1. The number of aromatic nitrogens is 2. The average molecular weight is 253 g/mol. The molecule has 1 aromatic heterocycles. The molecule has 1 saturated heterocycles. The molecule has 2 unspecified atom stereocenters. The van der Waals surface area contributed by atoms with Gasteiger partial charge < -0.3 is 14.4 Å². The fourth-order valence-corrected chi connectivity index (χ4v) is 2.21. The second-order valence-electron chi connectivity index (χ2n) is 4.42. The van der Waals surface area contributed by atoms with Crippen molar-refractivity contribution in [2.24, 2.45) is 0 Å². The summed E-state index contributed by atoms with van der Waals surface area (Å²) in [5.41, 5.74) is 0.683. The lowest BCUT2D eigenvalue weighted by Crippen LogP contribution is -2.35. The Balaban J connectivity index is 2.01. The lowest BCUT2D eigenvalue weighted by Gasteiger charge is -2.18. The Labute approximate surface area is 106 Å². The first-order chi connectivity index (χ1) is 8.72. The van der Waals surface area contributed by atoms with Crippen molar-refractivity contribution in [1.29, 1.82) is 0 Å². The molecule has 100 valence electrons. The van der Waals surface area contributed by atoms with Gasteiger partial charge in [-0.1, -0.05) is 0 Å². The summed E-state index contributed by atoms with van der Waals surface area (Å²) in [5, 5.41) is 12.3. The number of carbonyl (C=O) groups is 1. The van der Waals surface area contributed by atoms with E-state index in [-0.39, 0.29) is 6.10 Å². The summed E-state index contributed by atoms with van der Waals surface area (Å²) in [5.74, 6) is -0.886. The monoisotopic (exact) mass is 253 g/mol. The van der Waals surface area contributed by atoms with Crippen LogP contribution in [0.15, 0.2) is 12.5 Å². The SMILES string of the molecule is CCn1cncc1C(NCC1CCCO1)C(=O)O. The number of imidazole rings is 1. The Morgan fingerprint density at radius 2 is 2.61 bits per heavy atom. The third-order valence-corrected chi connectivity index (χ3v) is 3.20. The number of nitrogens with one attached hydrogen (secondary N) is 1. The van der Waals surface area contributed by atoms with Crippen molar-refractivity contribution in [3.63, 3.8) is 0 Å². The Kier molecular flexibility index (Phi) is 4.33. The maximum absolute atomic E-state index is 11.3. The van der Waals surface area contributed by atoms with Crippen molar-refractivity contribution >= 4 is 5.97 Å². The molecule has 0 aliphatic carbocycles. The summed E-state index contributed by atoms with van der Waals surface area (Å²) in [6, 6.07) is -0.725. The number of rotatable bonds is 6. The van der Waals surface area contributed by atoms with E-state index in [1.165, 1.54) is 0 Å². The molecule has 0 aromatic carbocycles. The van der Waals surface area contributed by atoms with Crippen molar-refractivity contribution < 1.29 is 14.6 Å². The van der Waals surface area contributed by atoms with E-state index >= 15 is 0 Å². The number of hydrogen-bond acceptors (Lipinski definition) is 4. The van der Waals surface area contributed by atoms with Gasteiger partial charge in [-0.3, -0.25) is 10.1 Å². The number of aryl methyl sites for hydroxylation is 1. The minimum Gasteiger partial charge on any atom is -0.480 e. The molecule has 2 rings (SSSR count). The highest BCUT2D eigenvalue weighted by Gasteiger charge is 2.25. The number of hydrogen-bond donors (Lipinski definition) is 2. The first-order valence-electron chi connectivity index (χ1n) is 6.30. The Bertz CT molecular complexity index is 399. The Morgan fingerprint density at radius 3 is 3.22 bits per heavy atom. The van der Waals surface area contributed by atoms with E-state index < -0.39 is 12.0 Å². The maximum atomic E-state index is 11.3. The third kappa shape index (κ3) is 2.88. The molecule has 2 atom stereocenters. The predicted octanol–water partition coefficient (Wildman–Crippen LogP) is 0.797. The van der Waals surface area contributed by atoms with Crippen LogP contribution in [0.2, 0.25) is 0 Å². The average Bonchev–Trinajstić information content (AvgIpc) is 2.99. The largest absolute Gasteiger partial charge is 0.480 e. The van der Waals surface area contributed by atoms with E-state index in [2.05, 4.69) is 10.3 Å². The summed E-state index contributed by atoms with van der Waals surface area (Å²) < 4.78 is 7.31. The zero-order valence-electron chi connectivity index (χ0n) is 10.5. The van der Waals surface area contributed by atoms with Crippen molar-refractivity contribution in [3.05, 3.63) is 18.2 Å². The van der Waals surface area contributed by atoms with E-state index in [0.717, 1.165) is 19.4 Å². The third-order valence-electron chi connectivity index (χ3n) is 3.20. The van der Waals surface area contributed by atoms with E-state index in [1.807, 2.05) is 11.5 Å². The van der Waals surface area contributed by atoms with Crippen LogP contribution in [0, 0.1) is 0 Å². The van der Waals surface area contributed by atoms with Gasteiger partial charge in [-0.25, -0.2) is 4.98 Å². The number of ether oxygens (including phenoxy) is 1. The standard InChI is InChI=1S/C12H19N3O3/c1-2-15-8-13-7-10(15)11(12(16)17)14-6-9-4-3-5-18-9/h7-9,11,14H,2-6H2,1H3,(H,16,17). The molecule has 1 fully saturated rings. The molecule has 0 bridgehead atoms. The quantitative estimate of drug-likeness (QED) is 0.784. The predicted molar refractivity (Wildman–Crippen MR) is 65.3 cm³/mol. The highest BCUT2D eigenvalue weighted by molar-refractivity contribution is 5.74. The molecule has 0 amide bonds. The molecule has 18 heavy (non-hydrogen) atoms. The van der Waals surface area contributed by atoms with Gasteiger partial charge in [0.15, 0.2) is 0 Å². The Hall–Kier alpha value is -1.40. The van der Waals surface area contributed by atoms with Crippen LogP contribution in [-0.4, -0.2) is 39.9 Å². The van der Waals surface area contributed by atoms with Gasteiger partial charge >= 0.3 is 5.97 Å². The molecule has 0 radical (unpaired) electrons. The smallest absolute Gasteiger partial charge is 0.326 e. The summed E-state index contributed by atoms with van der Waals surface area (Å²) in [4.78, 5) is 15.3. The Morgan fingerprint density at radius 1 is 1.78 bits per heavy atom. The summed E-state index contributed by atoms with van der Waals surface area (Å²) in [7, 11) is 0. The second-order valence-corrected chi connectivity index (χ2v) is 4.42. The van der Waals surface area contributed by atoms with Crippen LogP contribution in [0.5, 0.6) is 0 Å². The number of aliphatic carboxylic acids is 1. The van der Waals surface area contributed by atoms with Crippen LogP contribution in [-0.2, 0) is 16.1 Å².